The van der Waals surface area contributed by atoms with Gasteiger partial charge in [-0.3, -0.25) is 19.6 Å². The summed E-state index contributed by atoms with van der Waals surface area (Å²) in [6, 6.07) is 15.0. The molecule has 0 aliphatic heterocycles. The summed E-state index contributed by atoms with van der Waals surface area (Å²) in [5.41, 5.74) is 1.49. The number of hydrogen-bond acceptors (Lipinski definition) is 5. The molecule has 1 amide bonds. The Morgan fingerprint density at radius 3 is 2.55 bits per heavy atom. The molecule has 9 heteroatoms. The van der Waals surface area contributed by atoms with Crippen LogP contribution in [-0.4, -0.2) is 20.6 Å². The summed E-state index contributed by atoms with van der Waals surface area (Å²) in [7, 11) is 0. The van der Waals surface area contributed by atoms with Crippen molar-refractivity contribution < 1.29 is 9.72 Å². The lowest BCUT2D eigenvalue weighted by atomic mass is 10.3. The summed E-state index contributed by atoms with van der Waals surface area (Å²) in [5.74, 6) is -0.190. The zero-order valence-electron chi connectivity index (χ0n) is 15.9. The Morgan fingerprint density at radius 2 is 1.90 bits per heavy atom. The highest BCUT2D eigenvalue weighted by Gasteiger charge is 2.22. The van der Waals surface area contributed by atoms with Crippen LogP contribution < -0.4 is 5.32 Å². The van der Waals surface area contributed by atoms with E-state index in [1.165, 1.54) is 16.4 Å². The number of nitrogens with one attached hydrogen (secondary N) is 1. The second-order valence-electron chi connectivity index (χ2n) is 6.35. The Bertz CT molecular complexity index is 1050. The molecule has 0 saturated carbocycles. The maximum Gasteiger partial charge on any atom is 0.312 e. The molecule has 0 spiro atoms. The molecule has 0 bridgehead atoms. The van der Waals surface area contributed by atoms with Crippen LogP contribution in [0.3, 0.4) is 0 Å². The number of halogens is 1. The molecule has 0 aliphatic carbocycles. The van der Waals surface area contributed by atoms with Gasteiger partial charge in [-0.2, -0.15) is 5.10 Å². The van der Waals surface area contributed by atoms with Crippen molar-refractivity contribution in [2.45, 2.75) is 36.6 Å². The van der Waals surface area contributed by atoms with Crippen LogP contribution in [0.15, 0.2) is 58.3 Å². The average Bonchev–Trinajstić information content (AvgIpc) is 2.97. The number of nitrogens with zero attached hydrogens (tertiary/aromatic N) is 3. The lowest BCUT2D eigenvalue weighted by molar-refractivity contribution is -0.386. The summed E-state index contributed by atoms with van der Waals surface area (Å²) in [6.07, 6.45) is 0.152. The lowest BCUT2D eigenvalue weighted by Gasteiger charge is -2.11. The average molecular weight is 431 g/mol. The molecule has 0 radical (unpaired) electrons. The third-order valence-electron chi connectivity index (χ3n) is 4.28. The van der Waals surface area contributed by atoms with Crippen molar-refractivity contribution in [1.82, 2.24) is 9.78 Å². The number of aryl methyl sites for hydroxylation is 2. The van der Waals surface area contributed by atoms with Gasteiger partial charge in [0, 0.05) is 21.2 Å². The van der Waals surface area contributed by atoms with Crippen LogP contribution >= 0.6 is 23.4 Å². The van der Waals surface area contributed by atoms with Crippen LogP contribution in [0, 0.1) is 24.0 Å². The third kappa shape index (κ3) is 5.16. The molecule has 29 heavy (non-hydrogen) atoms. The minimum atomic E-state index is -0.446. The van der Waals surface area contributed by atoms with Gasteiger partial charge < -0.3 is 5.32 Å². The molecular formula is C20H19ClN4O3S. The minimum Gasteiger partial charge on any atom is -0.325 e. The quantitative estimate of drug-likeness (QED) is 0.408. The number of para-hydroxylation sites is 1. The summed E-state index contributed by atoms with van der Waals surface area (Å²) < 4.78 is 1.50. The number of amides is 1. The minimum absolute atomic E-state index is 0.00452. The highest BCUT2D eigenvalue weighted by atomic mass is 35.5. The largest absolute Gasteiger partial charge is 0.325 e. The van der Waals surface area contributed by atoms with Gasteiger partial charge >= 0.3 is 5.69 Å². The molecule has 1 aromatic heterocycles. The van der Waals surface area contributed by atoms with Gasteiger partial charge in [0.25, 0.3) is 0 Å². The molecule has 0 atom stereocenters. The number of aromatic nitrogens is 2. The summed E-state index contributed by atoms with van der Waals surface area (Å²) in [5, 5.41) is 18.9. The first-order valence-electron chi connectivity index (χ1n) is 8.86. The zero-order chi connectivity index (χ0) is 21.0. The molecule has 3 aromatic rings. The predicted octanol–water partition coefficient (Wildman–Crippen LogP) is 5.24. The maximum absolute atomic E-state index is 12.5. The maximum atomic E-state index is 12.5. The van der Waals surface area contributed by atoms with Crippen molar-refractivity contribution >= 4 is 40.6 Å². The molecule has 0 unspecified atom stereocenters. The van der Waals surface area contributed by atoms with Crippen LogP contribution in [-0.2, 0) is 11.3 Å². The first kappa shape index (κ1) is 20.9. The number of hydrogen-bond donors (Lipinski definition) is 1. The fourth-order valence-corrected chi connectivity index (χ4v) is 3.91. The molecule has 1 heterocycles. The Labute approximate surface area is 177 Å². The standard InChI is InChI=1S/C20H19ClN4O3S/c1-13-20(25(27)28)14(2)24(23-13)12-11-19(26)22-17-5-3-4-6-18(17)29-16-9-7-15(21)8-10-16/h3-10H,11-12H2,1-2H3,(H,22,26). The summed E-state index contributed by atoms with van der Waals surface area (Å²) in [6.45, 7) is 3.48. The first-order chi connectivity index (χ1) is 13.8. The van der Waals surface area contributed by atoms with Crippen molar-refractivity contribution in [2.75, 3.05) is 5.32 Å². The second-order valence-corrected chi connectivity index (χ2v) is 7.90. The second kappa shape index (κ2) is 9.11. The summed E-state index contributed by atoms with van der Waals surface area (Å²) >= 11 is 7.45. The Hall–Kier alpha value is -2.84. The molecule has 0 aliphatic rings. The van der Waals surface area contributed by atoms with Gasteiger partial charge in [0.1, 0.15) is 11.4 Å². The SMILES string of the molecule is Cc1nn(CCC(=O)Nc2ccccc2Sc2ccc(Cl)cc2)c(C)c1[N+](=O)[O-]. The van der Waals surface area contributed by atoms with E-state index in [1.54, 1.807) is 13.8 Å². The molecule has 2 aromatic carbocycles. The van der Waals surface area contributed by atoms with E-state index in [-0.39, 0.29) is 24.6 Å². The van der Waals surface area contributed by atoms with Crippen LogP contribution in [0.1, 0.15) is 17.8 Å². The van der Waals surface area contributed by atoms with Crippen LogP contribution in [0.4, 0.5) is 11.4 Å². The van der Waals surface area contributed by atoms with Crippen molar-refractivity contribution in [3.8, 4) is 0 Å². The number of rotatable bonds is 7. The predicted molar refractivity (Wildman–Crippen MR) is 114 cm³/mol. The van der Waals surface area contributed by atoms with E-state index in [2.05, 4.69) is 10.4 Å². The van der Waals surface area contributed by atoms with Crippen molar-refractivity contribution in [2.24, 2.45) is 0 Å². The molecule has 7 nitrogen and oxygen atoms in total. The number of carbonyl (C=O) groups excluding carboxylic acids is 1. The number of nitro groups is 1. The molecule has 0 fully saturated rings. The van der Waals surface area contributed by atoms with Crippen LogP contribution in [0.25, 0.3) is 0 Å². The first-order valence-corrected chi connectivity index (χ1v) is 10.1. The lowest BCUT2D eigenvalue weighted by Crippen LogP contribution is -2.16. The van der Waals surface area contributed by atoms with Gasteiger partial charge in [-0.05, 0) is 50.2 Å². The fraction of sp³-hybridized carbons (Fsp3) is 0.200. The molecule has 150 valence electrons. The van der Waals surface area contributed by atoms with Crippen molar-refractivity contribution in [3.63, 3.8) is 0 Å². The summed E-state index contributed by atoms with van der Waals surface area (Å²) in [4.78, 5) is 25.0. The van der Waals surface area contributed by atoms with Gasteiger partial charge in [-0.25, -0.2) is 0 Å². The van der Waals surface area contributed by atoms with Crippen molar-refractivity contribution in [3.05, 3.63) is 75.1 Å². The Balaban J connectivity index is 1.66. The van der Waals surface area contributed by atoms with E-state index in [0.717, 1.165) is 9.79 Å². The van der Waals surface area contributed by atoms with Gasteiger partial charge in [0.05, 0.1) is 17.2 Å². The fourth-order valence-electron chi connectivity index (χ4n) is 2.88. The number of carbonyl (C=O) groups is 1. The third-order valence-corrected chi connectivity index (χ3v) is 5.61. The smallest absolute Gasteiger partial charge is 0.312 e. The van der Waals surface area contributed by atoms with Gasteiger partial charge in [0.15, 0.2) is 0 Å². The molecule has 1 N–H and O–H groups in total. The topological polar surface area (TPSA) is 90.1 Å². The molecule has 0 saturated heterocycles. The van der Waals surface area contributed by atoms with E-state index in [4.69, 9.17) is 11.6 Å². The van der Waals surface area contributed by atoms with E-state index in [1.807, 2.05) is 48.5 Å². The zero-order valence-corrected chi connectivity index (χ0v) is 17.5. The van der Waals surface area contributed by atoms with Crippen LogP contribution in [0.5, 0.6) is 0 Å². The Kier molecular flexibility index (Phi) is 6.56. The highest BCUT2D eigenvalue weighted by molar-refractivity contribution is 7.99. The monoisotopic (exact) mass is 430 g/mol. The highest BCUT2D eigenvalue weighted by Crippen LogP contribution is 2.34. The normalized spacial score (nSPS) is 10.7. The molecule has 3 rings (SSSR count). The number of benzene rings is 2. The van der Waals surface area contributed by atoms with E-state index in [9.17, 15) is 14.9 Å². The van der Waals surface area contributed by atoms with Crippen molar-refractivity contribution in [1.29, 1.82) is 0 Å². The van der Waals surface area contributed by atoms with E-state index in [0.29, 0.717) is 22.1 Å². The molecular weight excluding hydrogens is 412 g/mol. The van der Waals surface area contributed by atoms with E-state index >= 15 is 0 Å². The van der Waals surface area contributed by atoms with Crippen LogP contribution in [0.2, 0.25) is 5.02 Å². The Morgan fingerprint density at radius 1 is 1.21 bits per heavy atom. The van der Waals surface area contributed by atoms with Gasteiger partial charge in [-0.1, -0.05) is 35.5 Å². The van der Waals surface area contributed by atoms with E-state index < -0.39 is 4.92 Å². The van der Waals surface area contributed by atoms with Gasteiger partial charge in [0.2, 0.25) is 5.91 Å². The number of anilines is 1. The van der Waals surface area contributed by atoms with Gasteiger partial charge in [-0.15, -0.1) is 0 Å².